The van der Waals surface area contributed by atoms with Gasteiger partial charge in [0.2, 0.25) is 0 Å². The molecule has 1 fully saturated rings. The topological polar surface area (TPSA) is 17.1 Å². The molecule has 0 aliphatic heterocycles. The summed E-state index contributed by atoms with van der Waals surface area (Å²) in [4.78, 5) is 10.3. The summed E-state index contributed by atoms with van der Waals surface area (Å²) < 4.78 is 0. The summed E-state index contributed by atoms with van der Waals surface area (Å²) in [5.41, 5.74) is 1.24. The molecule has 0 unspecified atom stereocenters. The van der Waals surface area contributed by atoms with Crippen molar-refractivity contribution in [1.82, 2.24) is 0 Å². The van der Waals surface area contributed by atoms with Crippen molar-refractivity contribution in [2.45, 2.75) is 19.8 Å². The summed E-state index contributed by atoms with van der Waals surface area (Å²) in [6, 6.07) is 0. The second-order valence-corrected chi connectivity index (χ2v) is 2.79. The van der Waals surface area contributed by atoms with Gasteiger partial charge in [0.15, 0.2) is 0 Å². The van der Waals surface area contributed by atoms with E-state index in [9.17, 15) is 4.79 Å². The summed E-state index contributed by atoms with van der Waals surface area (Å²) >= 11 is 0. The van der Waals surface area contributed by atoms with Gasteiger partial charge in [-0.3, -0.25) is 0 Å². The fourth-order valence-electron chi connectivity index (χ4n) is 1.32. The fraction of sp³-hybridized carbons (Fsp3) is 0.625. The van der Waals surface area contributed by atoms with Crippen molar-refractivity contribution in [3.05, 3.63) is 12.2 Å². The van der Waals surface area contributed by atoms with E-state index in [1.54, 1.807) is 0 Å². The highest BCUT2D eigenvalue weighted by Crippen LogP contribution is 2.33. The Morgan fingerprint density at radius 2 is 2.44 bits per heavy atom. The quantitative estimate of drug-likeness (QED) is 0.384. The lowest BCUT2D eigenvalue weighted by Gasteiger charge is -2.06. The van der Waals surface area contributed by atoms with Gasteiger partial charge in [-0.15, -0.1) is 0 Å². The number of hydrogen-bond acceptors (Lipinski definition) is 1. The summed E-state index contributed by atoms with van der Waals surface area (Å²) in [7, 11) is 0. The molecule has 0 saturated heterocycles. The highest BCUT2D eigenvalue weighted by Gasteiger charge is 2.25. The van der Waals surface area contributed by atoms with Crippen LogP contribution in [0.3, 0.4) is 0 Å². The molecule has 1 aliphatic carbocycles. The molecule has 0 aromatic heterocycles. The monoisotopic (exact) mass is 124 g/mol. The third kappa shape index (κ3) is 1.04. The molecule has 50 valence electrons. The van der Waals surface area contributed by atoms with Gasteiger partial charge in [0.05, 0.1) is 0 Å². The van der Waals surface area contributed by atoms with Gasteiger partial charge < -0.3 is 4.79 Å². The smallest absolute Gasteiger partial charge is 0.123 e. The van der Waals surface area contributed by atoms with Gasteiger partial charge >= 0.3 is 0 Å². The molecule has 1 heteroatoms. The van der Waals surface area contributed by atoms with E-state index in [1.807, 2.05) is 0 Å². The van der Waals surface area contributed by atoms with Crippen LogP contribution in [0.1, 0.15) is 19.8 Å². The van der Waals surface area contributed by atoms with E-state index in [4.69, 9.17) is 0 Å². The molecule has 9 heavy (non-hydrogen) atoms. The normalized spacial score (nSPS) is 35.0. The Bertz CT molecular complexity index is 138. The molecule has 1 saturated carbocycles. The molecule has 1 rings (SSSR count). The average molecular weight is 124 g/mol. The minimum atomic E-state index is 0.262. The van der Waals surface area contributed by atoms with Crippen molar-refractivity contribution in [3.8, 4) is 0 Å². The SMILES string of the molecule is C=C1CC[C@H](C=O)[C@@H]1C. The van der Waals surface area contributed by atoms with E-state index in [2.05, 4.69) is 13.5 Å². The Kier molecular flexibility index (Phi) is 1.70. The lowest BCUT2D eigenvalue weighted by Crippen LogP contribution is -2.04. The van der Waals surface area contributed by atoms with Crippen molar-refractivity contribution in [3.63, 3.8) is 0 Å². The molecule has 1 nitrogen and oxygen atoms in total. The van der Waals surface area contributed by atoms with Crippen LogP contribution in [-0.4, -0.2) is 6.29 Å². The van der Waals surface area contributed by atoms with E-state index >= 15 is 0 Å². The van der Waals surface area contributed by atoms with Crippen LogP contribution < -0.4 is 0 Å². The van der Waals surface area contributed by atoms with Crippen molar-refractivity contribution in [2.24, 2.45) is 11.8 Å². The number of carbonyl (C=O) groups excluding carboxylic acids is 1. The highest BCUT2D eigenvalue weighted by molar-refractivity contribution is 5.56. The van der Waals surface area contributed by atoms with Crippen LogP contribution in [0.15, 0.2) is 12.2 Å². The molecule has 1 aliphatic rings. The van der Waals surface area contributed by atoms with Crippen molar-refractivity contribution in [2.75, 3.05) is 0 Å². The van der Waals surface area contributed by atoms with E-state index < -0.39 is 0 Å². The lowest BCUT2D eigenvalue weighted by molar-refractivity contribution is -0.111. The van der Waals surface area contributed by atoms with Gasteiger partial charge in [-0.05, 0) is 18.8 Å². The number of hydrogen-bond donors (Lipinski definition) is 0. The standard InChI is InChI=1S/C8H12O/c1-6-3-4-8(5-9)7(6)2/h5,7-8H,1,3-4H2,2H3/t7-,8-/m1/s1. The Morgan fingerprint density at radius 3 is 2.67 bits per heavy atom. The van der Waals surface area contributed by atoms with E-state index in [-0.39, 0.29) is 5.92 Å². The molecule has 0 bridgehead atoms. The van der Waals surface area contributed by atoms with E-state index in [0.717, 1.165) is 19.1 Å². The second kappa shape index (κ2) is 2.34. The van der Waals surface area contributed by atoms with Gasteiger partial charge in [-0.2, -0.15) is 0 Å². The van der Waals surface area contributed by atoms with Crippen molar-refractivity contribution < 1.29 is 4.79 Å². The van der Waals surface area contributed by atoms with Crippen LogP contribution in [0, 0.1) is 11.8 Å². The number of aldehydes is 1. The predicted octanol–water partition coefficient (Wildman–Crippen LogP) is 1.79. The van der Waals surface area contributed by atoms with Crippen LogP contribution in [0.4, 0.5) is 0 Å². The Morgan fingerprint density at radius 1 is 1.78 bits per heavy atom. The van der Waals surface area contributed by atoms with Crippen LogP contribution in [0.5, 0.6) is 0 Å². The zero-order valence-electron chi connectivity index (χ0n) is 5.76. The lowest BCUT2D eigenvalue weighted by atomic mass is 9.98. The minimum absolute atomic E-state index is 0.262. The second-order valence-electron chi connectivity index (χ2n) is 2.79. The maximum absolute atomic E-state index is 10.3. The van der Waals surface area contributed by atoms with Crippen LogP contribution >= 0.6 is 0 Å². The maximum Gasteiger partial charge on any atom is 0.123 e. The summed E-state index contributed by atoms with van der Waals surface area (Å²) in [6.45, 7) is 5.95. The number of rotatable bonds is 1. The molecule has 0 amide bonds. The molecule has 0 aromatic rings. The van der Waals surface area contributed by atoms with Crippen molar-refractivity contribution >= 4 is 6.29 Å². The summed E-state index contributed by atoms with van der Waals surface area (Å²) in [5.74, 6) is 0.694. The summed E-state index contributed by atoms with van der Waals surface area (Å²) in [5, 5.41) is 0. The van der Waals surface area contributed by atoms with Gasteiger partial charge in [0.1, 0.15) is 6.29 Å². The van der Waals surface area contributed by atoms with Gasteiger partial charge in [0.25, 0.3) is 0 Å². The van der Waals surface area contributed by atoms with Crippen LogP contribution in [0.2, 0.25) is 0 Å². The fourth-order valence-corrected chi connectivity index (χ4v) is 1.32. The Labute approximate surface area is 55.8 Å². The van der Waals surface area contributed by atoms with Gasteiger partial charge in [-0.25, -0.2) is 0 Å². The van der Waals surface area contributed by atoms with Gasteiger partial charge in [0, 0.05) is 5.92 Å². The molecule has 2 atom stereocenters. The van der Waals surface area contributed by atoms with Crippen LogP contribution in [0.25, 0.3) is 0 Å². The first-order valence-corrected chi connectivity index (χ1v) is 3.38. The Balaban J connectivity index is 2.61. The first-order valence-electron chi connectivity index (χ1n) is 3.38. The molecular formula is C8H12O. The molecular weight excluding hydrogens is 112 g/mol. The number of allylic oxidation sites excluding steroid dienone is 1. The van der Waals surface area contributed by atoms with Crippen molar-refractivity contribution in [1.29, 1.82) is 0 Å². The minimum Gasteiger partial charge on any atom is -0.303 e. The first-order chi connectivity index (χ1) is 4.25. The predicted molar refractivity (Wildman–Crippen MR) is 37.1 cm³/mol. The zero-order valence-corrected chi connectivity index (χ0v) is 5.76. The average Bonchev–Trinajstić information content (AvgIpc) is 2.15. The van der Waals surface area contributed by atoms with E-state index in [0.29, 0.717) is 5.92 Å². The molecule has 0 heterocycles. The molecule has 0 N–H and O–H groups in total. The third-order valence-corrected chi connectivity index (χ3v) is 2.26. The highest BCUT2D eigenvalue weighted by atomic mass is 16.1. The molecule has 0 radical (unpaired) electrons. The van der Waals surface area contributed by atoms with Crippen LogP contribution in [-0.2, 0) is 4.79 Å². The summed E-state index contributed by atoms with van der Waals surface area (Å²) in [6.07, 6.45) is 3.12. The zero-order chi connectivity index (χ0) is 6.85. The number of carbonyl (C=O) groups is 1. The Hall–Kier alpha value is -0.590. The first kappa shape index (κ1) is 6.53. The largest absolute Gasteiger partial charge is 0.303 e. The molecule has 0 spiro atoms. The maximum atomic E-state index is 10.3. The van der Waals surface area contributed by atoms with Gasteiger partial charge in [-0.1, -0.05) is 19.1 Å². The molecule has 0 aromatic carbocycles. The third-order valence-electron chi connectivity index (χ3n) is 2.26. The van der Waals surface area contributed by atoms with E-state index in [1.165, 1.54) is 5.57 Å².